The molecule has 1 aromatic heterocycles. The van der Waals surface area contributed by atoms with Crippen molar-refractivity contribution in [1.29, 1.82) is 0 Å². The van der Waals surface area contributed by atoms with Gasteiger partial charge in [0.25, 0.3) is 0 Å². The predicted molar refractivity (Wildman–Crippen MR) is 132 cm³/mol. The lowest BCUT2D eigenvalue weighted by molar-refractivity contribution is -0.120. The minimum Gasteiger partial charge on any atom is -0.352 e. The van der Waals surface area contributed by atoms with E-state index in [0.29, 0.717) is 11.6 Å². The molecule has 5 rings (SSSR count). The van der Waals surface area contributed by atoms with Crippen LogP contribution in [-0.4, -0.2) is 10.9 Å². The first kappa shape index (κ1) is 20.2. The van der Waals surface area contributed by atoms with Crippen LogP contribution in [0.25, 0.3) is 32.9 Å². The number of fused-ring (bicyclic) bond motifs is 3. The number of pyridine rings is 1. The third-order valence-electron chi connectivity index (χ3n) is 5.61. The second kappa shape index (κ2) is 8.81. The molecule has 156 valence electrons. The molecule has 0 aliphatic heterocycles. The molecule has 0 saturated carbocycles. The highest BCUT2D eigenvalue weighted by molar-refractivity contribution is 6.30. The molecule has 0 atom stereocenters. The lowest BCUT2D eigenvalue weighted by atomic mass is 9.98. The Bertz CT molecular complexity index is 1410. The Kier molecular flexibility index (Phi) is 5.57. The highest BCUT2D eigenvalue weighted by Crippen LogP contribution is 2.31. The predicted octanol–water partition coefficient (Wildman–Crippen LogP) is 6.57. The Hall–Kier alpha value is -3.69. The monoisotopic (exact) mass is 436 g/mol. The summed E-state index contributed by atoms with van der Waals surface area (Å²) >= 11 is 6.08. The van der Waals surface area contributed by atoms with Crippen LogP contribution in [0, 0.1) is 0 Å². The molecule has 0 bridgehead atoms. The standard InChI is InChI=1S/C28H21ClN2O/c29-23-13-10-21(11-14-23)26-16-22(17-27(32)30-18-19-6-2-1-3-7-19)25-15-12-20-8-4-5-9-24(20)28(25)31-26/h1-16H,17-18H2,(H,30,32). The van der Waals surface area contributed by atoms with E-state index >= 15 is 0 Å². The third kappa shape index (κ3) is 4.20. The Labute approximate surface area is 191 Å². The first-order chi connectivity index (χ1) is 15.7. The van der Waals surface area contributed by atoms with Gasteiger partial charge in [-0.3, -0.25) is 4.79 Å². The molecular weight excluding hydrogens is 416 g/mol. The highest BCUT2D eigenvalue weighted by Gasteiger charge is 2.13. The van der Waals surface area contributed by atoms with E-state index in [1.165, 1.54) is 0 Å². The van der Waals surface area contributed by atoms with Gasteiger partial charge in [-0.2, -0.15) is 0 Å². The van der Waals surface area contributed by atoms with Crippen LogP contribution in [0.5, 0.6) is 0 Å². The quantitative estimate of drug-likeness (QED) is 0.317. The molecule has 0 aliphatic carbocycles. The van der Waals surface area contributed by atoms with E-state index in [4.69, 9.17) is 16.6 Å². The average Bonchev–Trinajstić information content (AvgIpc) is 2.83. The van der Waals surface area contributed by atoms with E-state index in [9.17, 15) is 4.79 Å². The van der Waals surface area contributed by atoms with E-state index in [1.54, 1.807) is 0 Å². The highest BCUT2D eigenvalue weighted by atomic mass is 35.5. The fourth-order valence-electron chi connectivity index (χ4n) is 3.98. The number of carbonyl (C=O) groups excluding carboxylic acids is 1. The molecule has 4 heteroatoms. The van der Waals surface area contributed by atoms with Gasteiger partial charge in [0.2, 0.25) is 5.91 Å². The Morgan fingerprint density at radius 2 is 1.56 bits per heavy atom. The number of benzene rings is 4. The van der Waals surface area contributed by atoms with Gasteiger partial charge in [0.1, 0.15) is 0 Å². The van der Waals surface area contributed by atoms with E-state index in [-0.39, 0.29) is 12.3 Å². The zero-order valence-corrected chi connectivity index (χ0v) is 18.1. The van der Waals surface area contributed by atoms with Crippen molar-refractivity contribution in [3.05, 3.63) is 113 Å². The van der Waals surface area contributed by atoms with Gasteiger partial charge in [-0.25, -0.2) is 4.98 Å². The molecule has 4 aromatic carbocycles. The van der Waals surface area contributed by atoms with Crippen LogP contribution in [0.3, 0.4) is 0 Å². The summed E-state index contributed by atoms with van der Waals surface area (Å²) in [5, 5.41) is 6.92. The fourth-order valence-corrected chi connectivity index (χ4v) is 4.10. The number of nitrogens with zero attached hydrogens (tertiary/aromatic N) is 1. The summed E-state index contributed by atoms with van der Waals surface area (Å²) in [6.07, 6.45) is 0.283. The van der Waals surface area contributed by atoms with Gasteiger partial charge in [0, 0.05) is 27.9 Å². The average molecular weight is 437 g/mol. The lowest BCUT2D eigenvalue weighted by Crippen LogP contribution is -2.24. The molecule has 0 spiro atoms. The van der Waals surface area contributed by atoms with Gasteiger partial charge < -0.3 is 5.32 Å². The minimum absolute atomic E-state index is 0.0171. The summed E-state index contributed by atoms with van der Waals surface area (Å²) in [4.78, 5) is 17.8. The van der Waals surface area contributed by atoms with Crippen LogP contribution in [0.4, 0.5) is 0 Å². The maximum absolute atomic E-state index is 12.8. The van der Waals surface area contributed by atoms with Crippen LogP contribution < -0.4 is 5.32 Å². The molecule has 32 heavy (non-hydrogen) atoms. The minimum atomic E-state index is -0.0171. The number of halogens is 1. The molecule has 0 saturated heterocycles. The molecule has 0 unspecified atom stereocenters. The maximum Gasteiger partial charge on any atom is 0.224 e. The number of nitrogens with one attached hydrogen (secondary N) is 1. The molecular formula is C28H21ClN2O. The summed E-state index contributed by atoms with van der Waals surface area (Å²) in [6.45, 7) is 0.510. The zero-order chi connectivity index (χ0) is 21.9. The molecule has 0 fully saturated rings. The first-order valence-corrected chi connectivity index (χ1v) is 10.9. The topological polar surface area (TPSA) is 42.0 Å². The van der Waals surface area contributed by atoms with E-state index in [0.717, 1.165) is 44.1 Å². The van der Waals surface area contributed by atoms with Crippen LogP contribution in [0.15, 0.2) is 97.1 Å². The molecule has 5 aromatic rings. The van der Waals surface area contributed by atoms with Crippen molar-refractivity contribution in [1.82, 2.24) is 10.3 Å². The third-order valence-corrected chi connectivity index (χ3v) is 5.87. The second-order valence-corrected chi connectivity index (χ2v) is 8.23. The van der Waals surface area contributed by atoms with Gasteiger partial charge >= 0.3 is 0 Å². The molecule has 0 aliphatic rings. The van der Waals surface area contributed by atoms with Crippen molar-refractivity contribution in [2.45, 2.75) is 13.0 Å². The van der Waals surface area contributed by atoms with E-state index < -0.39 is 0 Å². The summed E-state index contributed by atoms with van der Waals surface area (Å²) in [7, 11) is 0. The Morgan fingerprint density at radius 1 is 0.812 bits per heavy atom. The molecule has 3 nitrogen and oxygen atoms in total. The number of hydrogen-bond donors (Lipinski definition) is 1. The van der Waals surface area contributed by atoms with Gasteiger partial charge in [-0.05, 0) is 34.7 Å². The van der Waals surface area contributed by atoms with Crippen molar-refractivity contribution in [3.8, 4) is 11.3 Å². The fraction of sp³-hybridized carbons (Fsp3) is 0.0714. The van der Waals surface area contributed by atoms with Gasteiger partial charge in [-0.15, -0.1) is 0 Å². The van der Waals surface area contributed by atoms with Crippen molar-refractivity contribution < 1.29 is 4.79 Å². The van der Waals surface area contributed by atoms with Crippen LogP contribution in [0.2, 0.25) is 5.02 Å². The Morgan fingerprint density at radius 3 is 2.38 bits per heavy atom. The van der Waals surface area contributed by atoms with Crippen LogP contribution in [0.1, 0.15) is 11.1 Å². The Balaban J connectivity index is 1.56. The summed E-state index contributed by atoms with van der Waals surface area (Å²) in [6, 6.07) is 31.9. The maximum atomic E-state index is 12.8. The molecule has 1 N–H and O–H groups in total. The van der Waals surface area contributed by atoms with Crippen molar-refractivity contribution in [2.24, 2.45) is 0 Å². The summed E-state index contributed by atoms with van der Waals surface area (Å²) in [5.41, 5.74) is 4.73. The van der Waals surface area contributed by atoms with Gasteiger partial charge in [0.15, 0.2) is 0 Å². The van der Waals surface area contributed by atoms with Gasteiger partial charge in [0.05, 0.1) is 17.6 Å². The zero-order valence-electron chi connectivity index (χ0n) is 17.4. The van der Waals surface area contributed by atoms with Crippen LogP contribution >= 0.6 is 11.6 Å². The second-order valence-electron chi connectivity index (χ2n) is 7.80. The van der Waals surface area contributed by atoms with Crippen molar-refractivity contribution in [3.63, 3.8) is 0 Å². The molecule has 1 amide bonds. The number of carbonyl (C=O) groups is 1. The van der Waals surface area contributed by atoms with Crippen molar-refractivity contribution >= 4 is 39.2 Å². The van der Waals surface area contributed by atoms with E-state index in [1.807, 2.05) is 72.8 Å². The number of aromatic nitrogens is 1. The lowest BCUT2D eigenvalue weighted by Gasteiger charge is -2.13. The largest absolute Gasteiger partial charge is 0.352 e. The van der Waals surface area contributed by atoms with E-state index in [2.05, 4.69) is 29.6 Å². The summed E-state index contributed by atoms with van der Waals surface area (Å²) < 4.78 is 0. The molecule has 1 heterocycles. The normalized spacial score (nSPS) is 11.0. The number of hydrogen-bond acceptors (Lipinski definition) is 2. The number of amides is 1. The SMILES string of the molecule is O=C(Cc1cc(-c2ccc(Cl)cc2)nc2c1ccc1ccccc12)NCc1ccccc1. The van der Waals surface area contributed by atoms with Crippen molar-refractivity contribution in [2.75, 3.05) is 0 Å². The number of rotatable bonds is 5. The smallest absolute Gasteiger partial charge is 0.224 e. The first-order valence-electron chi connectivity index (χ1n) is 10.6. The summed E-state index contributed by atoms with van der Waals surface area (Å²) in [5.74, 6) is -0.0171. The molecule has 0 radical (unpaired) electrons. The van der Waals surface area contributed by atoms with Gasteiger partial charge in [-0.1, -0.05) is 90.5 Å². The van der Waals surface area contributed by atoms with Crippen LogP contribution in [-0.2, 0) is 17.8 Å².